The Morgan fingerprint density at radius 1 is 1.48 bits per heavy atom. The Bertz CT molecular complexity index is 462. The predicted molar refractivity (Wildman–Crippen MR) is 90.1 cm³/mol. The second-order valence-corrected chi connectivity index (χ2v) is 6.78. The summed E-state index contributed by atoms with van der Waals surface area (Å²) in [4.78, 5) is 9.22. The minimum absolute atomic E-state index is 0.450. The van der Waals surface area contributed by atoms with Crippen molar-refractivity contribution in [3.63, 3.8) is 0 Å². The Balaban J connectivity index is 2.10. The maximum absolute atomic E-state index is 6.27. The molecule has 0 radical (unpaired) electrons. The van der Waals surface area contributed by atoms with E-state index < -0.39 is 0 Å². The van der Waals surface area contributed by atoms with Gasteiger partial charge in [0.25, 0.3) is 0 Å². The fourth-order valence-corrected chi connectivity index (χ4v) is 2.84. The summed E-state index contributed by atoms with van der Waals surface area (Å²) in [5, 5.41) is 4.16. The van der Waals surface area contributed by atoms with Crippen molar-refractivity contribution in [1.82, 2.24) is 15.2 Å². The molecule has 1 unspecified atom stereocenters. The molecule has 4 nitrogen and oxygen atoms in total. The molecule has 1 saturated heterocycles. The van der Waals surface area contributed by atoms with Gasteiger partial charge in [0.05, 0.1) is 5.02 Å². The van der Waals surface area contributed by atoms with Gasteiger partial charge in [-0.2, -0.15) is 0 Å². The Kier molecular flexibility index (Phi) is 5.85. The average Bonchev–Trinajstić information content (AvgIpc) is 2.46. The lowest BCUT2D eigenvalue weighted by molar-refractivity contribution is 0.257. The zero-order valence-corrected chi connectivity index (χ0v) is 14.3. The van der Waals surface area contributed by atoms with Crippen LogP contribution in [0.25, 0.3) is 0 Å². The van der Waals surface area contributed by atoms with E-state index in [1.54, 1.807) is 6.20 Å². The van der Waals surface area contributed by atoms with Gasteiger partial charge in [0.1, 0.15) is 5.82 Å². The third-order valence-electron chi connectivity index (χ3n) is 4.07. The first-order valence-electron chi connectivity index (χ1n) is 7.76. The molecule has 1 aromatic rings. The molecule has 1 fully saturated rings. The summed E-state index contributed by atoms with van der Waals surface area (Å²) >= 11 is 6.27. The number of hydrogen-bond donors (Lipinski definition) is 1. The SMILES string of the molecule is CC(C)NCc1cc(N2CCCC(N(C)C)C2)ncc1Cl. The molecule has 0 aliphatic carbocycles. The highest BCUT2D eigenvalue weighted by atomic mass is 35.5. The predicted octanol–water partition coefficient (Wildman–Crippen LogP) is 2.76. The standard InChI is InChI=1S/C16H27ClN4/c1-12(2)18-9-13-8-16(19-10-15(13)17)21-7-5-6-14(11-21)20(3)4/h8,10,12,14,18H,5-7,9,11H2,1-4H3. The van der Waals surface area contributed by atoms with Gasteiger partial charge in [0.15, 0.2) is 0 Å². The monoisotopic (exact) mass is 310 g/mol. The van der Waals surface area contributed by atoms with Crippen LogP contribution in [0.5, 0.6) is 0 Å². The molecule has 0 spiro atoms. The van der Waals surface area contributed by atoms with Crippen molar-refractivity contribution < 1.29 is 0 Å². The molecule has 21 heavy (non-hydrogen) atoms. The van der Waals surface area contributed by atoms with E-state index in [1.165, 1.54) is 12.8 Å². The van der Waals surface area contributed by atoms with Crippen LogP contribution in [0, 0.1) is 0 Å². The van der Waals surface area contributed by atoms with E-state index in [4.69, 9.17) is 11.6 Å². The zero-order valence-electron chi connectivity index (χ0n) is 13.6. The van der Waals surface area contributed by atoms with E-state index in [9.17, 15) is 0 Å². The molecule has 1 aliphatic heterocycles. The van der Waals surface area contributed by atoms with Crippen molar-refractivity contribution in [2.75, 3.05) is 32.1 Å². The van der Waals surface area contributed by atoms with Crippen LogP contribution in [0.3, 0.4) is 0 Å². The van der Waals surface area contributed by atoms with Gasteiger partial charge in [-0.15, -0.1) is 0 Å². The number of anilines is 1. The van der Waals surface area contributed by atoms with Crippen LogP contribution in [0.4, 0.5) is 5.82 Å². The molecule has 1 atom stereocenters. The summed E-state index contributed by atoms with van der Waals surface area (Å²) < 4.78 is 0. The summed E-state index contributed by atoms with van der Waals surface area (Å²) in [5.74, 6) is 1.05. The minimum atomic E-state index is 0.450. The number of nitrogens with zero attached hydrogens (tertiary/aromatic N) is 3. The molecule has 0 bridgehead atoms. The fraction of sp³-hybridized carbons (Fsp3) is 0.688. The molecule has 1 aliphatic rings. The maximum atomic E-state index is 6.27. The van der Waals surface area contributed by atoms with Crippen LogP contribution in [0.15, 0.2) is 12.3 Å². The molecule has 0 aromatic carbocycles. The number of hydrogen-bond acceptors (Lipinski definition) is 4. The highest BCUT2D eigenvalue weighted by Gasteiger charge is 2.22. The van der Waals surface area contributed by atoms with Crippen LogP contribution in [-0.2, 0) is 6.54 Å². The van der Waals surface area contributed by atoms with Crippen LogP contribution >= 0.6 is 11.6 Å². The third kappa shape index (κ3) is 4.56. The van der Waals surface area contributed by atoms with Gasteiger partial charge >= 0.3 is 0 Å². The van der Waals surface area contributed by atoms with Gasteiger partial charge in [0.2, 0.25) is 0 Å². The molecule has 1 N–H and O–H groups in total. The molecule has 2 rings (SSSR count). The van der Waals surface area contributed by atoms with Crippen molar-refractivity contribution in [3.05, 3.63) is 22.8 Å². The van der Waals surface area contributed by atoms with E-state index in [2.05, 4.69) is 54.1 Å². The number of likely N-dealkylation sites (N-methyl/N-ethyl adjacent to an activating group) is 1. The molecule has 5 heteroatoms. The van der Waals surface area contributed by atoms with Crippen molar-refractivity contribution >= 4 is 17.4 Å². The largest absolute Gasteiger partial charge is 0.355 e. The minimum Gasteiger partial charge on any atom is -0.355 e. The van der Waals surface area contributed by atoms with Crippen LogP contribution in [-0.4, -0.2) is 49.2 Å². The number of nitrogens with one attached hydrogen (secondary N) is 1. The van der Waals surface area contributed by atoms with E-state index in [1.807, 2.05) is 0 Å². The van der Waals surface area contributed by atoms with Crippen molar-refractivity contribution in [2.45, 2.75) is 45.3 Å². The van der Waals surface area contributed by atoms with Gasteiger partial charge in [-0.25, -0.2) is 4.98 Å². The average molecular weight is 311 g/mol. The van der Waals surface area contributed by atoms with E-state index in [0.29, 0.717) is 12.1 Å². The van der Waals surface area contributed by atoms with Crippen LogP contribution < -0.4 is 10.2 Å². The van der Waals surface area contributed by atoms with Gasteiger partial charge in [0, 0.05) is 37.9 Å². The lowest BCUT2D eigenvalue weighted by Gasteiger charge is -2.37. The maximum Gasteiger partial charge on any atom is 0.128 e. The van der Waals surface area contributed by atoms with E-state index in [0.717, 1.165) is 36.0 Å². The molecular formula is C16H27ClN4. The molecule has 0 saturated carbocycles. The fourth-order valence-electron chi connectivity index (χ4n) is 2.67. The first kappa shape index (κ1) is 16.5. The summed E-state index contributed by atoms with van der Waals surface area (Å²) in [6, 6.07) is 3.19. The van der Waals surface area contributed by atoms with Crippen molar-refractivity contribution in [3.8, 4) is 0 Å². The number of pyridine rings is 1. The molecular weight excluding hydrogens is 284 g/mol. The first-order valence-corrected chi connectivity index (χ1v) is 8.14. The van der Waals surface area contributed by atoms with Crippen LogP contribution in [0.1, 0.15) is 32.3 Å². The quantitative estimate of drug-likeness (QED) is 0.906. The summed E-state index contributed by atoms with van der Waals surface area (Å²) in [7, 11) is 4.31. The number of rotatable bonds is 5. The second-order valence-electron chi connectivity index (χ2n) is 6.38. The van der Waals surface area contributed by atoms with Crippen molar-refractivity contribution in [1.29, 1.82) is 0 Å². The Morgan fingerprint density at radius 2 is 2.24 bits per heavy atom. The summed E-state index contributed by atoms with van der Waals surface area (Å²) in [5.41, 5.74) is 1.13. The lowest BCUT2D eigenvalue weighted by atomic mass is 10.0. The number of halogens is 1. The zero-order chi connectivity index (χ0) is 15.4. The second kappa shape index (κ2) is 7.43. The number of piperidine rings is 1. The van der Waals surface area contributed by atoms with Gasteiger partial charge < -0.3 is 15.1 Å². The molecule has 2 heterocycles. The molecule has 1 aromatic heterocycles. The normalized spacial score (nSPS) is 19.6. The smallest absolute Gasteiger partial charge is 0.128 e. The van der Waals surface area contributed by atoms with Gasteiger partial charge in [-0.05, 0) is 38.6 Å². The first-order chi connectivity index (χ1) is 9.97. The third-order valence-corrected chi connectivity index (χ3v) is 4.41. The number of aromatic nitrogens is 1. The van der Waals surface area contributed by atoms with Gasteiger partial charge in [-0.1, -0.05) is 25.4 Å². The summed E-state index contributed by atoms with van der Waals surface area (Å²) in [6.45, 7) is 7.19. The van der Waals surface area contributed by atoms with Gasteiger partial charge in [-0.3, -0.25) is 0 Å². The van der Waals surface area contributed by atoms with E-state index >= 15 is 0 Å². The lowest BCUT2D eigenvalue weighted by Crippen LogP contribution is -2.45. The topological polar surface area (TPSA) is 31.4 Å². The summed E-state index contributed by atoms with van der Waals surface area (Å²) in [6.07, 6.45) is 4.26. The highest BCUT2D eigenvalue weighted by molar-refractivity contribution is 6.31. The Labute approximate surface area is 133 Å². The molecule has 118 valence electrons. The van der Waals surface area contributed by atoms with E-state index in [-0.39, 0.29) is 0 Å². The Hall–Kier alpha value is -0.840. The van der Waals surface area contributed by atoms with Crippen molar-refractivity contribution in [2.24, 2.45) is 0 Å². The molecule has 0 amide bonds. The highest BCUT2D eigenvalue weighted by Crippen LogP contribution is 2.24. The van der Waals surface area contributed by atoms with Crippen LogP contribution in [0.2, 0.25) is 5.02 Å². The Morgan fingerprint density at radius 3 is 2.90 bits per heavy atom.